The molecule has 0 aliphatic heterocycles. The van der Waals surface area contributed by atoms with Crippen LogP contribution in [-0.4, -0.2) is 11.1 Å². The van der Waals surface area contributed by atoms with Gasteiger partial charge in [-0.1, -0.05) is 18.2 Å². The minimum atomic E-state index is -3.01. The maximum atomic E-state index is 11.4. The Morgan fingerprint density at radius 1 is 0.850 bits per heavy atom. The average molecular weight is 300 g/mol. The molecular weight excluding hydrogens is 294 g/mol. The highest BCUT2D eigenvalue weighted by atomic mass is 19.3. The van der Waals surface area contributed by atoms with Crippen molar-refractivity contribution in [2.45, 2.75) is 0 Å². The monoisotopic (exact) mass is 300 g/mol. The van der Waals surface area contributed by atoms with E-state index < -0.39 is 30.2 Å². The molecule has 0 saturated heterocycles. The Kier molecular flexibility index (Phi) is 7.56. The van der Waals surface area contributed by atoms with Crippen molar-refractivity contribution in [1.82, 2.24) is 0 Å². The molecule has 0 aliphatic rings. The first-order valence-corrected chi connectivity index (χ1v) is 4.63. The molecule has 110 valence electrons. The number of hydrogen-bond donors (Lipinski definition) is 1. The van der Waals surface area contributed by atoms with Crippen molar-refractivity contribution < 1.29 is 41.0 Å². The first kappa shape index (κ1) is 17.6. The fourth-order valence-electron chi connectivity index (χ4n) is 0.737. The van der Waals surface area contributed by atoms with Crippen molar-refractivity contribution in [3.05, 3.63) is 60.1 Å². The lowest BCUT2D eigenvalue weighted by Crippen LogP contribution is -1.93. The highest BCUT2D eigenvalue weighted by molar-refractivity contribution is 5.87. The maximum Gasteiger partial charge on any atom is 0.346 e. The van der Waals surface area contributed by atoms with E-state index in [1.54, 1.807) is 30.3 Å². The molecule has 1 N–H and O–H groups in total. The molecule has 0 aliphatic carbocycles. The minimum absolute atomic E-state index is 0.331. The number of ether oxygens (including phenoxy) is 1. The van der Waals surface area contributed by atoms with E-state index in [4.69, 9.17) is 5.11 Å². The lowest BCUT2D eigenvalue weighted by molar-refractivity contribution is 0.0697. The van der Waals surface area contributed by atoms with Crippen LogP contribution in [0.25, 0.3) is 0 Å². The molecular formula is C11H6F6O3. The smallest absolute Gasteiger partial charge is 0.346 e. The number of halogens is 6. The van der Waals surface area contributed by atoms with E-state index in [2.05, 4.69) is 4.74 Å². The van der Waals surface area contributed by atoms with Crippen LogP contribution >= 0.6 is 0 Å². The summed E-state index contributed by atoms with van der Waals surface area (Å²) in [5.74, 6) is -0.879. The number of hydrogen-bond acceptors (Lipinski definition) is 2. The van der Waals surface area contributed by atoms with Crippen LogP contribution in [0.3, 0.4) is 0 Å². The predicted octanol–water partition coefficient (Wildman–Crippen LogP) is 4.46. The van der Waals surface area contributed by atoms with E-state index in [0.717, 1.165) is 0 Å². The zero-order chi connectivity index (χ0) is 15.7. The molecule has 20 heavy (non-hydrogen) atoms. The normalized spacial score (nSPS) is 8.90. The van der Waals surface area contributed by atoms with Crippen molar-refractivity contribution in [3.8, 4) is 0 Å². The van der Waals surface area contributed by atoms with E-state index in [0.29, 0.717) is 5.56 Å². The molecule has 9 heteroatoms. The summed E-state index contributed by atoms with van der Waals surface area (Å²) in [6.07, 6.45) is -6.03. The summed E-state index contributed by atoms with van der Waals surface area (Å²) in [4.78, 5) is 10.2. The number of carboxylic acids is 1. The van der Waals surface area contributed by atoms with Gasteiger partial charge >= 0.3 is 30.2 Å². The van der Waals surface area contributed by atoms with Crippen molar-refractivity contribution in [1.29, 1.82) is 0 Å². The molecule has 0 aromatic heterocycles. The lowest BCUT2D eigenvalue weighted by Gasteiger charge is -1.94. The Labute approximate surface area is 108 Å². The molecule has 0 saturated carbocycles. The molecule has 0 spiro atoms. The van der Waals surface area contributed by atoms with Gasteiger partial charge in [-0.3, -0.25) is 0 Å². The van der Waals surface area contributed by atoms with Gasteiger partial charge in [0.25, 0.3) is 0 Å². The summed E-state index contributed by atoms with van der Waals surface area (Å²) < 4.78 is 69.6. The van der Waals surface area contributed by atoms with Gasteiger partial charge in [-0.05, 0) is 12.1 Å². The van der Waals surface area contributed by atoms with Gasteiger partial charge < -0.3 is 9.84 Å². The molecule has 1 rings (SSSR count). The third-order valence-corrected chi connectivity index (χ3v) is 1.50. The van der Waals surface area contributed by atoms with Crippen LogP contribution in [0.15, 0.2) is 54.5 Å². The van der Waals surface area contributed by atoms with Crippen LogP contribution in [0.5, 0.6) is 0 Å². The van der Waals surface area contributed by atoms with E-state index in [1.165, 1.54) is 0 Å². The number of aromatic carboxylic acids is 1. The van der Waals surface area contributed by atoms with Gasteiger partial charge in [-0.2, -0.15) is 26.3 Å². The van der Waals surface area contributed by atoms with E-state index in [1.807, 2.05) is 0 Å². The van der Waals surface area contributed by atoms with Crippen LogP contribution < -0.4 is 0 Å². The fraction of sp³-hybridized carbons (Fsp3) is 0. The molecule has 0 bridgehead atoms. The van der Waals surface area contributed by atoms with Crippen LogP contribution in [0.2, 0.25) is 0 Å². The van der Waals surface area contributed by atoms with Crippen molar-refractivity contribution in [3.63, 3.8) is 0 Å². The van der Waals surface area contributed by atoms with E-state index in [-0.39, 0.29) is 0 Å². The molecule has 1 aromatic rings. The van der Waals surface area contributed by atoms with E-state index >= 15 is 0 Å². The van der Waals surface area contributed by atoms with Crippen LogP contribution in [0.1, 0.15) is 10.4 Å². The third kappa shape index (κ3) is 7.09. The Morgan fingerprint density at radius 2 is 1.25 bits per heavy atom. The molecule has 1 aromatic carbocycles. The summed E-state index contributed by atoms with van der Waals surface area (Å²) in [5.41, 5.74) is 0.331. The zero-order valence-corrected chi connectivity index (χ0v) is 9.42. The van der Waals surface area contributed by atoms with Crippen LogP contribution in [0.4, 0.5) is 26.3 Å². The predicted molar refractivity (Wildman–Crippen MR) is 55.2 cm³/mol. The second kappa shape index (κ2) is 8.62. The van der Waals surface area contributed by atoms with Gasteiger partial charge in [0, 0.05) is 0 Å². The summed E-state index contributed by atoms with van der Waals surface area (Å²) in [6.45, 7) is 0. The second-order valence-electron chi connectivity index (χ2n) is 2.84. The van der Waals surface area contributed by atoms with Gasteiger partial charge in [0.15, 0.2) is 0 Å². The molecule has 0 fully saturated rings. The third-order valence-electron chi connectivity index (χ3n) is 1.50. The van der Waals surface area contributed by atoms with Crippen molar-refractivity contribution in [2.75, 3.05) is 0 Å². The average Bonchev–Trinajstić information content (AvgIpc) is 2.40. The first-order chi connectivity index (χ1) is 9.25. The van der Waals surface area contributed by atoms with Crippen LogP contribution in [-0.2, 0) is 4.74 Å². The van der Waals surface area contributed by atoms with Gasteiger partial charge in [0.1, 0.15) is 0 Å². The second-order valence-corrected chi connectivity index (χ2v) is 2.84. The molecule has 0 heterocycles. The summed E-state index contributed by atoms with van der Waals surface area (Å²) in [6, 6.07) is 2.93. The Morgan fingerprint density at radius 3 is 1.50 bits per heavy atom. The molecule has 0 amide bonds. The molecule has 3 nitrogen and oxygen atoms in total. The van der Waals surface area contributed by atoms with E-state index in [9.17, 15) is 31.1 Å². The zero-order valence-electron chi connectivity index (χ0n) is 9.42. The molecule has 0 unspecified atom stereocenters. The number of benzene rings is 1. The maximum absolute atomic E-state index is 11.4. The fourth-order valence-corrected chi connectivity index (χ4v) is 0.737. The van der Waals surface area contributed by atoms with Crippen molar-refractivity contribution >= 4 is 5.97 Å². The van der Waals surface area contributed by atoms with Gasteiger partial charge in [-0.25, -0.2) is 4.79 Å². The van der Waals surface area contributed by atoms with Gasteiger partial charge in [-0.15, -0.1) is 0 Å². The Bertz CT molecular complexity index is 482. The largest absolute Gasteiger partial charge is 0.478 e. The highest BCUT2D eigenvalue weighted by Gasteiger charge is 2.13. The number of carbonyl (C=O) groups is 1. The summed E-state index contributed by atoms with van der Waals surface area (Å²) in [5, 5.41) is 8.38. The first-order valence-electron chi connectivity index (χ1n) is 4.63. The topological polar surface area (TPSA) is 46.5 Å². The Hall–Kier alpha value is -2.45. The number of rotatable bonds is 3. The van der Waals surface area contributed by atoms with Crippen LogP contribution in [0, 0.1) is 0 Å². The quantitative estimate of drug-likeness (QED) is 0.662. The highest BCUT2D eigenvalue weighted by Crippen LogP contribution is 2.19. The summed E-state index contributed by atoms with van der Waals surface area (Å²) >= 11 is 0. The SMILES string of the molecule is FC(F)=C(F)OC(F)=C(F)F.O=C(O)c1ccccc1. The number of carboxylic acid groups (broad SMARTS) is 1. The van der Waals surface area contributed by atoms with Gasteiger partial charge in [0.2, 0.25) is 0 Å². The Balaban J connectivity index is 0.000000367. The standard InChI is InChI=1S/C7H6O2.C4F6O/c8-7(9)6-4-2-1-3-5-6;5-1(6)3(9)11-4(10)2(7)8/h1-5H,(H,8,9);. The molecule has 0 radical (unpaired) electrons. The van der Waals surface area contributed by atoms with Gasteiger partial charge in [0.05, 0.1) is 5.56 Å². The minimum Gasteiger partial charge on any atom is -0.478 e. The lowest BCUT2D eigenvalue weighted by atomic mass is 10.2. The van der Waals surface area contributed by atoms with Crippen molar-refractivity contribution in [2.24, 2.45) is 0 Å². The summed E-state index contributed by atoms with van der Waals surface area (Å²) in [7, 11) is 0. The molecule has 0 atom stereocenters.